The van der Waals surface area contributed by atoms with E-state index < -0.39 is 0 Å². The monoisotopic (exact) mass is 335 g/mol. The van der Waals surface area contributed by atoms with Crippen LogP contribution in [0.3, 0.4) is 0 Å². The van der Waals surface area contributed by atoms with Gasteiger partial charge in [0.05, 0.1) is 6.04 Å². The molecule has 1 aliphatic heterocycles. The summed E-state index contributed by atoms with van der Waals surface area (Å²) in [6.45, 7) is 1.31. The first kappa shape index (κ1) is 15.7. The normalized spacial score (nSPS) is 18.8. The molecule has 1 heterocycles. The van der Waals surface area contributed by atoms with Gasteiger partial charge in [0.2, 0.25) is 0 Å². The summed E-state index contributed by atoms with van der Waals surface area (Å²) in [5.74, 6) is 0.0131. The number of hydrogen-bond donors (Lipinski definition) is 1. The van der Waals surface area contributed by atoms with Gasteiger partial charge in [0.15, 0.2) is 0 Å². The van der Waals surface area contributed by atoms with Gasteiger partial charge in [-0.2, -0.15) is 0 Å². The van der Waals surface area contributed by atoms with Crippen molar-refractivity contribution in [3.8, 4) is 0 Å². The van der Waals surface area contributed by atoms with Crippen LogP contribution < -0.4 is 10.2 Å². The Morgan fingerprint density at radius 3 is 2.64 bits per heavy atom. The van der Waals surface area contributed by atoms with Gasteiger partial charge in [0, 0.05) is 31.4 Å². The lowest BCUT2D eigenvalue weighted by atomic mass is 10.1. The van der Waals surface area contributed by atoms with Gasteiger partial charge < -0.3 is 10.2 Å². The molecule has 1 atom stereocenters. The van der Waals surface area contributed by atoms with Gasteiger partial charge in [-0.05, 0) is 48.2 Å². The number of carbonyl (C=O) groups is 2. The molecule has 2 aromatic carbocycles. The van der Waals surface area contributed by atoms with Crippen LogP contribution in [-0.2, 0) is 6.42 Å². The number of carbonyl (C=O) groups excluding carboxylic acids is 2. The smallest absolute Gasteiger partial charge is 0.321 e. The zero-order chi connectivity index (χ0) is 17.4. The second-order valence-corrected chi connectivity index (χ2v) is 6.60. The molecular weight excluding hydrogens is 314 g/mol. The van der Waals surface area contributed by atoms with Crippen LogP contribution in [0.2, 0.25) is 0 Å². The van der Waals surface area contributed by atoms with E-state index in [0.717, 1.165) is 18.5 Å². The van der Waals surface area contributed by atoms with Crippen molar-refractivity contribution >= 4 is 17.6 Å². The zero-order valence-electron chi connectivity index (χ0n) is 14.2. The van der Waals surface area contributed by atoms with Gasteiger partial charge in [-0.25, -0.2) is 4.79 Å². The molecule has 0 radical (unpaired) electrons. The van der Waals surface area contributed by atoms with Crippen LogP contribution in [0.4, 0.5) is 10.5 Å². The number of nitrogens with one attached hydrogen (secondary N) is 1. The van der Waals surface area contributed by atoms with Crippen molar-refractivity contribution in [2.45, 2.75) is 18.9 Å². The van der Waals surface area contributed by atoms with Crippen molar-refractivity contribution in [2.75, 3.05) is 25.0 Å². The van der Waals surface area contributed by atoms with E-state index >= 15 is 0 Å². The van der Waals surface area contributed by atoms with Crippen LogP contribution >= 0.6 is 0 Å². The van der Waals surface area contributed by atoms with Gasteiger partial charge in [-0.1, -0.05) is 24.3 Å². The standard InChI is InChI=1S/C20H21N3O2/c1-22(18-11-8-14-4-2-3-5-17(14)18)19(24)15-6-9-16(10-7-15)23-13-12-21-20(23)25/h2-7,9-10,18H,8,11-13H2,1H3,(H,21,25). The van der Waals surface area contributed by atoms with Gasteiger partial charge in [0.1, 0.15) is 0 Å². The number of benzene rings is 2. The molecule has 0 saturated carbocycles. The highest BCUT2D eigenvalue weighted by molar-refractivity contribution is 5.97. The van der Waals surface area contributed by atoms with Gasteiger partial charge in [-0.15, -0.1) is 0 Å². The second kappa shape index (κ2) is 6.24. The number of amides is 3. The molecule has 0 spiro atoms. The van der Waals surface area contributed by atoms with E-state index in [2.05, 4.69) is 23.5 Å². The molecule has 1 unspecified atom stereocenters. The van der Waals surface area contributed by atoms with Crippen molar-refractivity contribution in [1.29, 1.82) is 0 Å². The van der Waals surface area contributed by atoms with Crippen LogP contribution in [0, 0.1) is 0 Å². The SMILES string of the molecule is CN(C(=O)c1ccc(N2CCNC2=O)cc1)C1CCc2ccccc21. The summed E-state index contributed by atoms with van der Waals surface area (Å²) < 4.78 is 0. The van der Waals surface area contributed by atoms with Crippen LogP contribution in [0.1, 0.15) is 33.9 Å². The minimum Gasteiger partial charge on any atom is -0.336 e. The fourth-order valence-electron chi connectivity index (χ4n) is 3.78. The molecule has 1 fully saturated rings. The highest BCUT2D eigenvalue weighted by Crippen LogP contribution is 2.35. The van der Waals surface area contributed by atoms with E-state index in [-0.39, 0.29) is 18.0 Å². The number of anilines is 1. The fourth-order valence-corrected chi connectivity index (χ4v) is 3.78. The minimum absolute atomic E-state index is 0.0131. The molecule has 1 aliphatic carbocycles. The second-order valence-electron chi connectivity index (χ2n) is 6.60. The largest absolute Gasteiger partial charge is 0.336 e. The summed E-state index contributed by atoms with van der Waals surface area (Å²) in [6, 6.07) is 15.7. The average molecular weight is 335 g/mol. The predicted octanol–water partition coefficient (Wildman–Crippen LogP) is 2.98. The maximum Gasteiger partial charge on any atom is 0.321 e. The first-order valence-corrected chi connectivity index (χ1v) is 8.65. The summed E-state index contributed by atoms with van der Waals surface area (Å²) in [6.07, 6.45) is 1.98. The van der Waals surface area contributed by atoms with Gasteiger partial charge in [0.25, 0.3) is 5.91 Å². The van der Waals surface area contributed by atoms with Gasteiger partial charge >= 0.3 is 6.03 Å². The number of hydrogen-bond acceptors (Lipinski definition) is 2. The maximum atomic E-state index is 12.9. The molecule has 128 valence electrons. The van der Waals surface area contributed by atoms with E-state index in [4.69, 9.17) is 0 Å². The van der Waals surface area contributed by atoms with Crippen molar-refractivity contribution in [2.24, 2.45) is 0 Å². The number of fused-ring (bicyclic) bond motifs is 1. The Labute approximate surface area is 147 Å². The summed E-state index contributed by atoms with van der Waals surface area (Å²) in [4.78, 5) is 28.1. The average Bonchev–Trinajstić information content (AvgIpc) is 3.27. The molecule has 1 N–H and O–H groups in total. The summed E-state index contributed by atoms with van der Waals surface area (Å²) >= 11 is 0. The lowest BCUT2D eigenvalue weighted by Gasteiger charge is -2.26. The third kappa shape index (κ3) is 2.76. The lowest BCUT2D eigenvalue weighted by molar-refractivity contribution is 0.0730. The molecule has 3 amide bonds. The third-order valence-corrected chi connectivity index (χ3v) is 5.17. The molecule has 1 saturated heterocycles. The first-order chi connectivity index (χ1) is 12.1. The summed E-state index contributed by atoms with van der Waals surface area (Å²) in [7, 11) is 1.87. The van der Waals surface area contributed by atoms with E-state index in [1.165, 1.54) is 11.1 Å². The molecular formula is C20H21N3O2. The molecule has 4 rings (SSSR count). The van der Waals surface area contributed by atoms with Crippen molar-refractivity contribution in [3.63, 3.8) is 0 Å². The van der Waals surface area contributed by atoms with Crippen LogP contribution in [-0.4, -0.2) is 37.0 Å². The quantitative estimate of drug-likeness (QED) is 0.937. The number of urea groups is 1. The Morgan fingerprint density at radius 2 is 1.92 bits per heavy atom. The maximum absolute atomic E-state index is 12.9. The lowest BCUT2D eigenvalue weighted by Crippen LogP contribution is -2.30. The zero-order valence-corrected chi connectivity index (χ0v) is 14.2. The molecule has 25 heavy (non-hydrogen) atoms. The van der Waals surface area contributed by atoms with E-state index in [1.54, 1.807) is 17.0 Å². The van der Waals surface area contributed by atoms with Crippen LogP contribution in [0.5, 0.6) is 0 Å². The highest BCUT2D eigenvalue weighted by Gasteiger charge is 2.29. The minimum atomic E-state index is -0.0845. The number of rotatable bonds is 3. The Balaban J connectivity index is 1.52. The summed E-state index contributed by atoms with van der Waals surface area (Å²) in [5, 5.41) is 2.78. The Bertz CT molecular complexity index is 816. The van der Waals surface area contributed by atoms with Gasteiger partial charge in [-0.3, -0.25) is 9.69 Å². The molecule has 5 nitrogen and oxygen atoms in total. The third-order valence-electron chi connectivity index (χ3n) is 5.17. The van der Waals surface area contributed by atoms with Crippen molar-refractivity contribution in [3.05, 3.63) is 65.2 Å². The topological polar surface area (TPSA) is 52.7 Å². The van der Waals surface area contributed by atoms with E-state index in [1.807, 2.05) is 30.1 Å². The Morgan fingerprint density at radius 1 is 1.16 bits per heavy atom. The Hall–Kier alpha value is -2.82. The van der Waals surface area contributed by atoms with Crippen LogP contribution in [0.25, 0.3) is 0 Å². The van der Waals surface area contributed by atoms with E-state index in [0.29, 0.717) is 18.7 Å². The van der Waals surface area contributed by atoms with E-state index in [9.17, 15) is 9.59 Å². The number of nitrogens with zero attached hydrogens (tertiary/aromatic N) is 2. The predicted molar refractivity (Wildman–Crippen MR) is 96.8 cm³/mol. The fraction of sp³-hybridized carbons (Fsp3) is 0.300. The molecule has 0 aromatic heterocycles. The molecule has 2 aromatic rings. The molecule has 5 heteroatoms. The van der Waals surface area contributed by atoms with Crippen LogP contribution in [0.15, 0.2) is 48.5 Å². The van der Waals surface area contributed by atoms with Crippen molar-refractivity contribution in [1.82, 2.24) is 10.2 Å². The van der Waals surface area contributed by atoms with Crippen molar-refractivity contribution < 1.29 is 9.59 Å². The highest BCUT2D eigenvalue weighted by atomic mass is 16.2. The molecule has 2 aliphatic rings. The number of aryl methyl sites for hydroxylation is 1. The first-order valence-electron chi connectivity index (χ1n) is 8.65. The summed E-state index contributed by atoms with van der Waals surface area (Å²) in [5.41, 5.74) is 4.06. The Kier molecular flexibility index (Phi) is 3.92. The molecule has 0 bridgehead atoms.